The normalized spacial score (nSPS) is 12.2. The van der Waals surface area contributed by atoms with Crippen LogP contribution in [0.3, 0.4) is 0 Å². The summed E-state index contributed by atoms with van der Waals surface area (Å²) in [4.78, 5) is 35.9. The molecule has 7 heteroatoms. The summed E-state index contributed by atoms with van der Waals surface area (Å²) in [6.07, 6.45) is 2.56. The predicted molar refractivity (Wildman–Crippen MR) is 87.6 cm³/mol. The van der Waals surface area contributed by atoms with Gasteiger partial charge in [0.25, 0.3) is 5.69 Å². The molecule has 1 aromatic rings. The Morgan fingerprint density at radius 2 is 1.87 bits per heavy atom. The molecule has 0 heterocycles. The summed E-state index contributed by atoms with van der Waals surface area (Å²) in [6.45, 7) is 3.66. The van der Waals surface area contributed by atoms with Gasteiger partial charge in [-0.1, -0.05) is 26.0 Å². The summed E-state index contributed by atoms with van der Waals surface area (Å²) in [5.74, 6) is -0.752. The van der Waals surface area contributed by atoms with Gasteiger partial charge in [0, 0.05) is 26.2 Å². The van der Waals surface area contributed by atoms with Crippen LogP contribution in [-0.4, -0.2) is 41.8 Å². The van der Waals surface area contributed by atoms with Crippen LogP contribution >= 0.6 is 0 Å². The molecule has 23 heavy (non-hydrogen) atoms. The molecular formula is C16H21N3O4. The number of hydrogen-bond acceptors (Lipinski definition) is 4. The number of carbonyl (C=O) groups excluding carboxylic acids is 2. The molecule has 1 N–H and O–H groups in total. The van der Waals surface area contributed by atoms with E-state index in [0.29, 0.717) is 5.56 Å². The van der Waals surface area contributed by atoms with Crippen molar-refractivity contribution in [1.82, 2.24) is 10.2 Å². The average molecular weight is 319 g/mol. The third kappa shape index (κ3) is 5.21. The van der Waals surface area contributed by atoms with Gasteiger partial charge in [0.15, 0.2) is 0 Å². The molecule has 1 aromatic carbocycles. The van der Waals surface area contributed by atoms with Gasteiger partial charge in [-0.3, -0.25) is 19.7 Å². The average Bonchev–Trinajstić information content (AvgIpc) is 2.49. The number of benzene rings is 1. The third-order valence-corrected chi connectivity index (χ3v) is 3.22. The van der Waals surface area contributed by atoms with E-state index in [1.54, 1.807) is 32.3 Å². The first-order chi connectivity index (χ1) is 10.7. The van der Waals surface area contributed by atoms with E-state index >= 15 is 0 Å². The first kappa shape index (κ1) is 18.3. The molecule has 2 amide bonds. The van der Waals surface area contributed by atoms with Crippen molar-refractivity contribution < 1.29 is 14.5 Å². The Morgan fingerprint density at radius 1 is 1.26 bits per heavy atom. The molecule has 1 rings (SSSR count). The van der Waals surface area contributed by atoms with E-state index in [0.717, 1.165) is 0 Å². The molecule has 0 saturated carbocycles. The maximum absolute atomic E-state index is 12.0. The topological polar surface area (TPSA) is 92.5 Å². The number of nitrogens with one attached hydrogen (secondary N) is 1. The van der Waals surface area contributed by atoms with Gasteiger partial charge in [0.1, 0.15) is 6.04 Å². The fraction of sp³-hybridized carbons (Fsp3) is 0.375. The highest BCUT2D eigenvalue weighted by Gasteiger charge is 2.24. The second-order valence-corrected chi connectivity index (χ2v) is 5.61. The SMILES string of the molecule is CC(C)C(NC(=O)C=Cc1ccccc1[N+](=O)[O-])C(=O)N(C)C. The summed E-state index contributed by atoms with van der Waals surface area (Å²) in [6, 6.07) is 5.47. The Morgan fingerprint density at radius 3 is 2.39 bits per heavy atom. The van der Waals surface area contributed by atoms with Gasteiger partial charge in [-0.15, -0.1) is 0 Å². The molecule has 0 fully saturated rings. The third-order valence-electron chi connectivity index (χ3n) is 3.22. The molecule has 1 atom stereocenters. The summed E-state index contributed by atoms with van der Waals surface area (Å²) in [5, 5.41) is 13.5. The molecule has 124 valence electrons. The Labute approximate surface area is 135 Å². The molecular weight excluding hydrogens is 298 g/mol. The molecule has 7 nitrogen and oxygen atoms in total. The molecule has 0 aliphatic heterocycles. The minimum absolute atomic E-state index is 0.0756. The summed E-state index contributed by atoms with van der Waals surface area (Å²) in [5.41, 5.74) is 0.244. The number of nitro groups is 1. The smallest absolute Gasteiger partial charge is 0.276 e. The van der Waals surface area contributed by atoms with Crippen molar-refractivity contribution in [2.75, 3.05) is 14.1 Å². The van der Waals surface area contributed by atoms with Crippen molar-refractivity contribution in [3.8, 4) is 0 Å². The van der Waals surface area contributed by atoms with E-state index in [4.69, 9.17) is 0 Å². The Kier molecular flexibility index (Phi) is 6.44. The van der Waals surface area contributed by atoms with E-state index < -0.39 is 16.9 Å². The monoisotopic (exact) mass is 319 g/mol. The maximum Gasteiger partial charge on any atom is 0.276 e. The highest BCUT2D eigenvalue weighted by molar-refractivity contribution is 5.95. The standard InChI is InChI=1S/C16H21N3O4/c1-11(2)15(16(21)18(3)4)17-14(20)10-9-12-7-5-6-8-13(12)19(22)23/h5-11,15H,1-4H3,(H,17,20). The van der Waals surface area contributed by atoms with Crippen LogP contribution in [0.1, 0.15) is 19.4 Å². The van der Waals surface area contributed by atoms with Crippen LogP contribution in [0.5, 0.6) is 0 Å². The zero-order valence-corrected chi connectivity index (χ0v) is 13.6. The zero-order valence-electron chi connectivity index (χ0n) is 13.6. The molecule has 0 saturated heterocycles. The lowest BCUT2D eigenvalue weighted by Gasteiger charge is -2.24. The van der Waals surface area contributed by atoms with Gasteiger partial charge in [0.05, 0.1) is 10.5 Å². The van der Waals surface area contributed by atoms with Crippen molar-refractivity contribution in [3.05, 3.63) is 46.0 Å². The Hall–Kier alpha value is -2.70. The molecule has 0 aliphatic rings. The van der Waals surface area contributed by atoms with Crippen LogP contribution in [0.15, 0.2) is 30.3 Å². The van der Waals surface area contributed by atoms with Crippen molar-refractivity contribution >= 4 is 23.6 Å². The largest absolute Gasteiger partial charge is 0.347 e. The summed E-state index contributed by atoms with van der Waals surface area (Å²) in [7, 11) is 3.24. The van der Waals surface area contributed by atoms with Crippen molar-refractivity contribution in [2.45, 2.75) is 19.9 Å². The first-order valence-corrected chi connectivity index (χ1v) is 7.17. The van der Waals surface area contributed by atoms with E-state index in [1.807, 2.05) is 13.8 Å². The molecule has 0 bridgehead atoms. The van der Waals surface area contributed by atoms with Gasteiger partial charge >= 0.3 is 0 Å². The van der Waals surface area contributed by atoms with Gasteiger partial charge in [-0.05, 0) is 18.1 Å². The van der Waals surface area contributed by atoms with Crippen LogP contribution < -0.4 is 5.32 Å². The zero-order chi connectivity index (χ0) is 17.6. The molecule has 0 aromatic heterocycles. The van der Waals surface area contributed by atoms with Crippen LogP contribution in [-0.2, 0) is 9.59 Å². The Balaban J connectivity index is 2.87. The summed E-state index contributed by atoms with van der Waals surface area (Å²) < 4.78 is 0. The van der Waals surface area contributed by atoms with Gasteiger partial charge < -0.3 is 10.2 Å². The fourth-order valence-electron chi connectivity index (χ4n) is 1.95. The fourth-order valence-corrected chi connectivity index (χ4v) is 1.95. The number of para-hydroxylation sites is 1. The first-order valence-electron chi connectivity index (χ1n) is 7.17. The predicted octanol–water partition coefficient (Wildman–Crippen LogP) is 1.84. The number of amides is 2. The van der Waals surface area contributed by atoms with Crippen LogP contribution in [0.25, 0.3) is 6.08 Å². The quantitative estimate of drug-likeness (QED) is 0.492. The van der Waals surface area contributed by atoms with Crippen LogP contribution in [0.2, 0.25) is 0 Å². The molecule has 0 spiro atoms. The lowest BCUT2D eigenvalue weighted by atomic mass is 10.0. The number of nitrogens with zero attached hydrogens (tertiary/aromatic N) is 2. The summed E-state index contributed by atoms with van der Waals surface area (Å²) >= 11 is 0. The van der Waals surface area contributed by atoms with E-state index in [2.05, 4.69) is 5.32 Å². The van der Waals surface area contributed by atoms with Crippen molar-refractivity contribution in [3.63, 3.8) is 0 Å². The highest BCUT2D eigenvalue weighted by atomic mass is 16.6. The van der Waals surface area contributed by atoms with Crippen LogP contribution in [0, 0.1) is 16.0 Å². The van der Waals surface area contributed by atoms with E-state index in [-0.39, 0.29) is 17.5 Å². The number of rotatable bonds is 6. The van der Waals surface area contributed by atoms with E-state index in [1.165, 1.54) is 23.1 Å². The van der Waals surface area contributed by atoms with Gasteiger partial charge in [0.2, 0.25) is 11.8 Å². The molecule has 1 unspecified atom stereocenters. The highest BCUT2D eigenvalue weighted by Crippen LogP contribution is 2.18. The number of likely N-dealkylation sites (N-methyl/N-ethyl adjacent to an activating group) is 1. The van der Waals surface area contributed by atoms with E-state index in [9.17, 15) is 19.7 Å². The van der Waals surface area contributed by atoms with Crippen molar-refractivity contribution in [2.24, 2.45) is 5.92 Å². The molecule has 0 aliphatic carbocycles. The second kappa shape index (κ2) is 8.07. The van der Waals surface area contributed by atoms with Crippen molar-refractivity contribution in [1.29, 1.82) is 0 Å². The minimum Gasteiger partial charge on any atom is -0.347 e. The molecule has 0 radical (unpaired) electrons. The number of hydrogen-bond donors (Lipinski definition) is 1. The van der Waals surface area contributed by atoms with Gasteiger partial charge in [-0.25, -0.2) is 0 Å². The van der Waals surface area contributed by atoms with Crippen LogP contribution in [0.4, 0.5) is 5.69 Å². The van der Waals surface area contributed by atoms with Gasteiger partial charge in [-0.2, -0.15) is 0 Å². The number of nitro benzene ring substituents is 1. The lowest BCUT2D eigenvalue weighted by molar-refractivity contribution is -0.385. The maximum atomic E-state index is 12.0. The second-order valence-electron chi connectivity index (χ2n) is 5.61. The lowest BCUT2D eigenvalue weighted by Crippen LogP contribution is -2.48. The Bertz CT molecular complexity index is 624. The minimum atomic E-state index is -0.645. The number of carbonyl (C=O) groups is 2.